The summed E-state index contributed by atoms with van der Waals surface area (Å²) in [6.45, 7) is 0. The number of halogens is 2. The molecule has 0 fully saturated rings. The summed E-state index contributed by atoms with van der Waals surface area (Å²) in [5.41, 5.74) is 4.32. The molecule has 0 spiro atoms. The van der Waals surface area contributed by atoms with Gasteiger partial charge in [0.1, 0.15) is 0 Å². The van der Waals surface area contributed by atoms with E-state index in [2.05, 4.69) is 5.43 Å². The Labute approximate surface area is 133 Å². The lowest BCUT2D eigenvalue weighted by atomic mass is 9.98. The molecule has 0 bridgehead atoms. The molecule has 0 heterocycles. The Balaban J connectivity index is 2.59. The summed E-state index contributed by atoms with van der Waals surface area (Å²) in [6.07, 6.45) is 0. The Hall–Kier alpha value is -1.46. The van der Waals surface area contributed by atoms with Gasteiger partial charge in [0.25, 0.3) is 0 Å². The van der Waals surface area contributed by atoms with Crippen LogP contribution in [-0.4, -0.2) is 14.2 Å². The maximum Gasteiger partial charge on any atom is 0.165 e. The minimum absolute atomic E-state index is 0.374. The first-order valence-corrected chi connectivity index (χ1v) is 7.00. The average Bonchev–Trinajstić information content (AvgIpc) is 2.51. The predicted molar refractivity (Wildman–Crippen MR) is 85.2 cm³/mol. The van der Waals surface area contributed by atoms with Crippen LogP contribution in [0.1, 0.15) is 17.2 Å². The number of hydrazine groups is 1. The van der Waals surface area contributed by atoms with Gasteiger partial charge in [-0.2, -0.15) is 0 Å². The fourth-order valence-corrected chi connectivity index (χ4v) is 2.63. The smallest absolute Gasteiger partial charge is 0.165 e. The van der Waals surface area contributed by atoms with Gasteiger partial charge in [-0.1, -0.05) is 35.3 Å². The van der Waals surface area contributed by atoms with Crippen LogP contribution in [0.5, 0.6) is 11.5 Å². The Bertz CT molecular complexity index is 635. The van der Waals surface area contributed by atoms with E-state index >= 15 is 0 Å². The molecule has 0 amide bonds. The maximum absolute atomic E-state index is 6.26. The number of benzene rings is 2. The first-order valence-electron chi connectivity index (χ1n) is 6.24. The van der Waals surface area contributed by atoms with Crippen molar-refractivity contribution in [2.75, 3.05) is 14.2 Å². The molecule has 2 rings (SSSR count). The van der Waals surface area contributed by atoms with Crippen molar-refractivity contribution in [1.29, 1.82) is 0 Å². The quantitative estimate of drug-likeness (QED) is 0.651. The lowest BCUT2D eigenvalue weighted by Gasteiger charge is -2.22. The van der Waals surface area contributed by atoms with E-state index in [1.165, 1.54) is 0 Å². The minimum Gasteiger partial charge on any atom is -0.493 e. The van der Waals surface area contributed by atoms with Gasteiger partial charge in [0, 0.05) is 15.6 Å². The molecule has 4 nitrogen and oxygen atoms in total. The van der Waals surface area contributed by atoms with Gasteiger partial charge in [-0.15, -0.1) is 0 Å². The molecule has 0 saturated carbocycles. The molecule has 1 atom stereocenters. The van der Waals surface area contributed by atoms with Gasteiger partial charge in [-0.3, -0.25) is 5.84 Å². The number of rotatable bonds is 5. The van der Waals surface area contributed by atoms with Crippen molar-refractivity contribution >= 4 is 23.2 Å². The highest BCUT2D eigenvalue weighted by Gasteiger charge is 2.22. The minimum atomic E-state index is -0.374. The van der Waals surface area contributed by atoms with E-state index in [4.69, 9.17) is 38.5 Å². The highest BCUT2D eigenvalue weighted by atomic mass is 35.5. The summed E-state index contributed by atoms with van der Waals surface area (Å²) in [6, 6.07) is 10.4. The van der Waals surface area contributed by atoms with E-state index in [1.807, 2.05) is 18.2 Å². The van der Waals surface area contributed by atoms with Crippen molar-refractivity contribution < 1.29 is 9.47 Å². The van der Waals surface area contributed by atoms with Crippen LogP contribution in [0.25, 0.3) is 0 Å². The van der Waals surface area contributed by atoms with Crippen LogP contribution in [0.4, 0.5) is 0 Å². The van der Waals surface area contributed by atoms with Gasteiger partial charge in [-0.25, -0.2) is 5.43 Å². The van der Waals surface area contributed by atoms with Crippen molar-refractivity contribution in [3.63, 3.8) is 0 Å². The molecule has 0 aromatic heterocycles. The zero-order chi connectivity index (χ0) is 15.4. The topological polar surface area (TPSA) is 56.5 Å². The number of nitrogens with one attached hydrogen (secondary N) is 1. The summed E-state index contributed by atoms with van der Waals surface area (Å²) in [4.78, 5) is 0. The Kier molecular flexibility index (Phi) is 5.31. The summed E-state index contributed by atoms with van der Waals surface area (Å²) < 4.78 is 10.8. The lowest BCUT2D eigenvalue weighted by molar-refractivity contribution is 0.349. The van der Waals surface area contributed by atoms with E-state index < -0.39 is 0 Å². The predicted octanol–water partition coefficient (Wildman–Crippen LogP) is 3.56. The molecule has 1 unspecified atom stereocenters. The third-order valence-electron chi connectivity index (χ3n) is 3.18. The van der Waals surface area contributed by atoms with Gasteiger partial charge in [-0.05, 0) is 29.8 Å². The zero-order valence-electron chi connectivity index (χ0n) is 11.7. The molecule has 0 aliphatic carbocycles. The van der Waals surface area contributed by atoms with Crippen molar-refractivity contribution in [2.24, 2.45) is 5.84 Å². The Morgan fingerprint density at radius 1 is 1.05 bits per heavy atom. The molecular formula is C15H16Cl2N2O2. The van der Waals surface area contributed by atoms with Crippen LogP contribution in [0.15, 0.2) is 36.4 Å². The van der Waals surface area contributed by atoms with Crippen LogP contribution in [0, 0.1) is 0 Å². The monoisotopic (exact) mass is 326 g/mol. The van der Waals surface area contributed by atoms with E-state index in [9.17, 15) is 0 Å². The fourth-order valence-electron chi connectivity index (χ4n) is 2.22. The van der Waals surface area contributed by atoms with Gasteiger partial charge in [0.05, 0.1) is 20.3 Å². The first kappa shape index (κ1) is 15.9. The summed E-state index contributed by atoms with van der Waals surface area (Å²) in [7, 11) is 3.16. The SMILES string of the molecule is COc1cccc(C(NN)c2cc(Cl)ccc2Cl)c1OC. The fraction of sp³-hybridized carbons (Fsp3) is 0.200. The average molecular weight is 327 g/mol. The van der Waals surface area contributed by atoms with Gasteiger partial charge in [0.2, 0.25) is 0 Å². The van der Waals surface area contributed by atoms with E-state index in [0.717, 1.165) is 11.1 Å². The molecule has 112 valence electrons. The van der Waals surface area contributed by atoms with Crippen molar-refractivity contribution in [1.82, 2.24) is 5.43 Å². The summed E-state index contributed by atoms with van der Waals surface area (Å²) in [5, 5.41) is 1.14. The van der Waals surface area contributed by atoms with E-state index in [1.54, 1.807) is 32.4 Å². The van der Waals surface area contributed by atoms with Gasteiger partial charge in [0.15, 0.2) is 11.5 Å². The number of ether oxygens (including phenoxy) is 2. The Morgan fingerprint density at radius 2 is 1.81 bits per heavy atom. The Morgan fingerprint density at radius 3 is 2.43 bits per heavy atom. The van der Waals surface area contributed by atoms with Crippen molar-refractivity contribution in [3.05, 3.63) is 57.6 Å². The number of nitrogens with two attached hydrogens (primary N) is 1. The normalized spacial score (nSPS) is 12.0. The van der Waals surface area contributed by atoms with Gasteiger partial charge < -0.3 is 9.47 Å². The second-order valence-electron chi connectivity index (χ2n) is 4.35. The van der Waals surface area contributed by atoms with Crippen molar-refractivity contribution in [2.45, 2.75) is 6.04 Å². The molecule has 3 N–H and O–H groups in total. The molecule has 6 heteroatoms. The van der Waals surface area contributed by atoms with Crippen molar-refractivity contribution in [3.8, 4) is 11.5 Å². The summed E-state index contributed by atoms with van der Waals surface area (Å²) >= 11 is 12.3. The zero-order valence-corrected chi connectivity index (χ0v) is 13.2. The lowest BCUT2D eigenvalue weighted by Crippen LogP contribution is -2.29. The van der Waals surface area contributed by atoms with Crippen LogP contribution in [0.3, 0.4) is 0 Å². The number of hydrogen-bond acceptors (Lipinski definition) is 4. The highest BCUT2D eigenvalue weighted by molar-refractivity contribution is 6.33. The largest absolute Gasteiger partial charge is 0.493 e. The highest BCUT2D eigenvalue weighted by Crippen LogP contribution is 2.39. The molecular weight excluding hydrogens is 311 g/mol. The number of hydrogen-bond donors (Lipinski definition) is 2. The molecule has 0 aliphatic rings. The standard InChI is InChI=1S/C15H16Cl2N2O2/c1-20-13-5-3-4-10(15(13)21-2)14(19-18)11-8-9(16)6-7-12(11)17/h3-8,14,19H,18H2,1-2H3. The molecule has 0 saturated heterocycles. The van der Waals surface area contributed by atoms with E-state index in [-0.39, 0.29) is 6.04 Å². The molecule has 0 aliphatic heterocycles. The van der Waals surface area contributed by atoms with Gasteiger partial charge >= 0.3 is 0 Å². The van der Waals surface area contributed by atoms with Crippen LogP contribution in [-0.2, 0) is 0 Å². The number of methoxy groups -OCH3 is 2. The molecule has 0 radical (unpaired) electrons. The molecule has 2 aromatic rings. The second-order valence-corrected chi connectivity index (χ2v) is 5.19. The van der Waals surface area contributed by atoms with Crippen LogP contribution < -0.4 is 20.7 Å². The molecule has 2 aromatic carbocycles. The third kappa shape index (κ3) is 3.24. The maximum atomic E-state index is 6.26. The molecule has 21 heavy (non-hydrogen) atoms. The van der Waals surface area contributed by atoms with Crippen LogP contribution >= 0.6 is 23.2 Å². The second kappa shape index (κ2) is 7.00. The van der Waals surface area contributed by atoms with E-state index in [0.29, 0.717) is 21.5 Å². The first-order chi connectivity index (χ1) is 10.1. The summed E-state index contributed by atoms with van der Waals surface area (Å²) in [5.74, 6) is 6.94. The third-order valence-corrected chi connectivity index (χ3v) is 3.76. The van der Waals surface area contributed by atoms with Crippen LogP contribution in [0.2, 0.25) is 10.0 Å². The number of para-hydroxylation sites is 1.